The summed E-state index contributed by atoms with van der Waals surface area (Å²) in [6.07, 6.45) is 1.75. The Morgan fingerprint density at radius 3 is 2.41 bits per heavy atom. The third-order valence-electron chi connectivity index (χ3n) is 6.59. The van der Waals surface area contributed by atoms with Gasteiger partial charge in [0.25, 0.3) is 0 Å². The molecular formula is C26H30N6. The summed E-state index contributed by atoms with van der Waals surface area (Å²) in [6.45, 7) is 12.7. The highest BCUT2D eigenvalue weighted by atomic mass is 15.2. The van der Waals surface area contributed by atoms with Crippen LogP contribution in [0.25, 0.3) is 28.2 Å². The molecule has 0 saturated carbocycles. The van der Waals surface area contributed by atoms with Crippen LogP contribution in [-0.4, -0.2) is 48.1 Å². The van der Waals surface area contributed by atoms with E-state index in [2.05, 4.69) is 84.0 Å². The average Bonchev–Trinajstić information content (AvgIpc) is 3.02. The molecule has 3 N–H and O–H groups in total. The van der Waals surface area contributed by atoms with Crippen molar-refractivity contribution in [3.63, 3.8) is 0 Å². The number of benzene rings is 2. The van der Waals surface area contributed by atoms with E-state index in [1.54, 1.807) is 6.20 Å². The van der Waals surface area contributed by atoms with Gasteiger partial charge in [0.05, 0.1) is 17.4 Å². The van der Waals surface area contributed by atoms with Gasteiger partial charge >= 0.3 is 0 Å². The number of fused-ring (bicyclic) bond motifs is 1. The second kappa shape index (κ2) is 7.64. The number of likely N-dealkylation sites (N-methyl/N-ethyl adjacent to an activating group) is 1. The van der Waals surface area contributed by atoms with Gasteiger partial charge in [-0.3, -0.25) is 0 Å². The zero-order valence-electron chi connectivity index (χ0n) is 19.0. The smallest absolute Gasteiger partial charge is 0.150 e. The lowest BCUT2D eigenvalue weighted by Gasteiger charge is -2.34. The van der Waals surface area contributed by atoms with E-state index in [-0.39, 0.29) is 5.54 Å². The predicted octanol–water partition coefficient (Wildman–Crippen LogP) is 3.95. The molecule has 1 saturated heterocycles. The van der Waals surface area contributed by atoms with Crippen LogP contribution in [0.15, 0.2) is 55.2 Å². The maximum Gasteiger partial charge on any atom is 0.150 e. The van der Waals surface area contributed by atoms with Crippen molar-refractivity contribution in [3.05, 3.63) is 66.4 Å². The number of anilines is 2. The summed E-state index contributed by atoms with van der Waals surface area (Å²) in [6, 6.07) is 14.9. The highest BCUT2D eigenvalue weighted by molar-refractivity contribution is 5.79. The molecule has 0 unspecified atom stereocenters. The SMILES string of the molecule is C=C1NC(C)(C)c2cc(-c3nc(-c4ccc(N5CCN(C)CC5)cc4)cnc3N)ccc21. The first-order valence-corrected chi connectivity index (χ1v) is 11.1. The number of nitrogens with one attached hydrogen (secondary N) is 1. The molecule has 0 amide bonds. The van der Waals surface area contributed by atoms with Crippen molar-refractivity contribution >= 4 is 17.2 Å². The monoisotopic (exact) mass is 426 g/mol. The molecule has 32 heavy (non-hydrogen) atoms. The molecule has 2 aromatic carbocycles. The van der Waals surface area contributed by atoms with E-state index in [0.717, 1.165) is 54.3 Å². The topological polar surface area (TPSA) is 70.3 Å². The lowest BCUT2D eigenvalue weighted by molar-refractivity contribution is 0.313. The molecule has 0 bridgehead atoms. The molecule has 5 rings (SSSR count). The first-order valence-electron chi connectivity index (χ1n) is 11.1. The third kappa shape index (κ3) is 3.60. The molecule has 0 aliphatic carbocycles. The minimum Gasteiger partial charge on any atom is -0.382 e. The van der Waals surface area contributed by atoms with Crippen molar-refractivity contribution < 1.29 is 0 Å². The number of nitrogens with two attached hydrogens (primary N) is 1. The fraction of sp³-hybridized carbons (Fsp3) is 0.308. The predicted molar refractivity (Wildman–Crippen MR) is 132 cm³/mol. The van der Waals surface area contributed by atoms with Crippen LogP contribution in [0.2, 0.25) is 0 Å². The van der Waals surface area contributed by atoms with Gasteiger partial charge in [0.1, 0.15) is 11.5 Å². The minimum atomic E-state index is -0.179. The summed E-state index contributed by atoms with van der Waals surface area (Å²) in [5.41, 5.74) is 14.1. The number of aromatic nitrogens is 2. The summed E-state index contributed by atoms with van der Waals surface area (Å²) in [4.78, 5) is 14.2. The fourth-order valence-electron chi connectivity index (χ4n) is 4.64. The van der Waals surface area contributed by atoms with Gasteiger partial charge in [-0.05, 0) is 44.7 Å². The third-order valence-corrected chi connectivity index (χ3v) is 6.59. The van der Waals surface area contributed by atoms with Crippen LogP contribution in [0.5, 0.6) is 0 Å². The second-order valence-corrected chi connectivity index (χ2v) is 9.32. The van der Waals surface area contributed by atoms with Crippen LogP contribution >= 0.6 is 0 Å². The van der Waals surface area contributed by atoms with Crippen molar-refractivity contribution in [3.8, 4) is 22.5 Å². The number of piperazine rings is 1. The van der Waals surface area contributed by atoms with Crippen LogP contribution in [-0.2, 0) is 5.54 Å². The van der Waals surface area contributed by atoms with Crippen LogP contribution in [0.1, 0.15) is 25.0 Å². The minimum absolute atomic E-state index is 0.179. The van der Waals surface area contributed by atoms with E-state index in [1.807, 2.05) is 6.07 Å². The molecule has 6 heteroatoms. The van der Waals surface area contributed by atoms with Gasteiger partial charge in [-0.1, -0.05) is 30.8 Å². The van der Waals surface area contributed by atoms with Crippen LogP contribution in [0, 0.1) is 0 Å². The number of hydrogen-bond acceptors (Lipinski definition) is 6. The Labute approximate surface area is 189 Å². The van der Waals surface area contributed by atoms with Crippen LogP contribution < -0.4 is 16.0 Å². The molecule has 1 fully saturated rings. The van der Waals surface area contributed by atoms with Gasteiger partial charge in [-0.15, -0.1) is 0 Å². The second-order valence-electron chi connectivity index (χ2n) is 9.32. The van der Waals surface area contributed by atoms with Gasteiger partial charge in [-0.2, -0.15) is 0 Å². The number of nitrogen functional groups attached to an aromatic ring is 1. The van der Waals surface area contributed by atoms with E-state index in [1.165, 1.54) is 11.3 Å². The van der Waals surface area contributed by atoms with Crippen molar-refractivity contribution in [1.82, 2.24) is 20.2 Å². The van der Waals surface area contributed by atoms with Crippen LogP contribution in [0.4, 0.5) is 11.5 Å². The average molecular weight is 427 g/mol. The highest BCUT2D eigenvalue weighted by Crippen LogP contribution is 2.39. The van der Waals surface area contributed by atoms with Crippen molar-refractivity contribution in [2.75, 3.05) is 43.9 Å². The first-order chi connectivity index (χ1) is 15.3. The van der Waals surface area contributed by atoms with Gasteiger partial charge in [-0.25, -0.2) is 9.97 Å². The Morgan fingerprint density at radius 2 is 1.69 bits per heavy atom. The molecule has 2 aliphatic heterocycles. The molecule has 6 nitrogen and oxygen atoms in total. The Balaban J connectivity index is 1.46. The van der Waals surface area contributed by atoms with Gasteiger partial charge in [0, 0.05) is 54.3 Å². The Hall–Kier alpha value is -3.38. The maximum atomic E-state index is 6.26. The van der Waals surface area contributed by atoms with Gasteiger partial charge in [0.2, 0.25) is 0 Å². The fourth-order valence-corrected chi connectivity index (χ4v) is 4.64. The van der Waals surface area contributed by atoms with Crippen molar-refractivity contribution in [2.24, 2.45) is 0 Å². The Bertz CT molecular complexity index is 1170. The molecule has 1 aromatic heterocycles. The largest absolute Gasteiger partial charge is 0.382 e. The molecule has 164 valence electrons. The van der Waals surface area contributed by atoms with Crippen molar-refractivity contribution in [1.29, 1.82) is 0 Å². The molecule has 0 atom stereocenters. The lowest BCUT2D eigenvalue weighted by atomic mass is 9.92. The number of hydrogen-bond donors (Lipinski definition) is 2. The van der Waals surface area contributed by atoms with E-state index in [9.17, 15) is 0 Å². The molecule has 0 radical (unpaired) electrons. The summed E-state index contributed by atoms with van der Waals surface area (Å²) in [5.74, 6) is 0.436. The molecule has 2 aliphatic rings. The standard InChI is InChI=1S/C26H30N6/c1-17-21-10-7-19(15-22(21)26(2,3)30-17)24-25(27)28-16-23(29-24)18-5-8-20(9-6-18)32-13-11-31(4)12-14-32/h5-10,15-16,30H,1,11-14H2,2-4H3,(H2,27,28). The summed E-state index contributed by atoms with van der Waals surface area (Å²) >= 11 is 0. The quantitative estimate of drug-likeness (QED) is 0.661. The zero-order valence-corrected chi connectivity index (χ0v) is 19.0. The summed E-state index contributed by atoms with van der Waals surface area (Å²) < 4.78 is 0. The lowest BCUT2D eigenvalue weighted by Crippen LogP contribution is -2.44. The molecular weight excluding hydrogens is 396 g/mol. The number of rotatable bonds is 3. The maximum absolute atomic E-state index is 6.26. The van der Waals surface area contributed by atoms with E-state index in [0.29, 0.717) is 11.5 Å². The molecule has 0 spiro atoms. The van der Waals surface area contributed by atoms with Gasteiger partial charge in [0.15, 0.2) is 0 Å². The van der Waals surface area contributed by atoms with Crippen molar-refractivity contribution in [2.45, 2.75) is 19.4 Å². The van der Waals surface area contributed by atoms with E-state index < -0.39 is 0 Å². The summed E-state index contributed by atoms with van der Waals surface area (Å²) in [5, 5.41) is 3.46. The highest BCUT2D eigenvalue weighted by Gasteiger charge is 2.32. The first kappa shape index (κ1) is 20.5. The zero-order chi connectivity index (χ0) is 22.5. The van der Waals surface area contributed by atoms with Crippen LogP contribution in [0.3, 0.4) is 0 Å². The van der Waals surface area contributed by atoms with E-state index in [4.69, 9.17) is 10.7 Å². The number of nitrogens with zero attached hydrogens (tertiary/aromatic N) is 4. The summed E-state index contributed by atoms with van der Waals surface area (Å²) in [7, 11) is 2.17. The van der Waals surface area contributed by atoms with E-state index >= 15 is 0 Å². The Kier molecular flexibility index (Phi) is 4.90. The molecule has 3 aromatic rings. The van der Waals surface area contributed by atoms with Gasteiger partial charge < -0.3 is 20.9 Å². The molecule has 3 heterocycles. The normalized spacial score (nSPS) is 17.8. The Morgan fingerprint density at radius 1 is 1.00 bits per heavy atom.